The van der Waals surface area contributed by atoms with Gasteiger partial charge in [-0.05, 0) is 0 Å². The molecule has 2 fully saturated rings. The van der Waals surface area contributed by atoms with Gasteiger partial charge in [-0.3, -0.25) is 4.57 Å². The van der Waals surface area contributed by atoms with Gasteiger partial charge in [0.15, 0.2) is 0 Å². The number of piperazine rings is 2. The summed E-state index contributed by atoms with van der Waals surface area (Å²) in [4.78, 5) is 0. The number of hydrogen-bond acceptors (Lipinski definition) is 7. The maximum Gasteiger partial charge on any atom is 0.360 e. The van der Waals surface area contributed by atoms with E-state index in [1.807, 2.05) is 0 Å². The van der Waals surface area contributed by atoms with Crippen LogP contribution < -0.4 is 10.6 Å². The lowest BCUT2D eigenvalue weighted by molar-refractivity contribution is -0.128. The predicted octanol–water partition coefficient (Wildman–Crippen LogP) is -0.517. The van der Waals surface area contributed by atoms with Gasteiger partial charge in [-0.25, -0.2) is 9.25 Å². The molecule has 2 aliphatic heterocycles. The van der Waals surface area contributed by atoms with Gasteiger partial charge in [-0.15, -0.1) is 0 Å². The van der Waals surface area contributed by atoms with E-state index in [0.717, 1.165) is 52.4 Å². The van der Waals surface area contributed by atoms with Crippen molar-refractivity contribution in [2.75, 3.05) is 59.0 Å². The Balaban J connectivity index is 1.78. The Morgan fingerprint density at radius 3 is 1.59 bits per heavy atom. The SMILES string of the molecule is CP(=O)(ON1CCNCC1)ON1CCNCC1. The maximum absolute atomic E-state index is 12.2. The third kappa shape index (κ3) is 4.63. The van der Waals surface area contributed by atoms with Crippen LogP contribution in [-0.4, -0.2) is 69.1 Å². The Bertz CT molecular complexity index is 255. The van der Waals surface area contributed by atoms with Crippen molar-refractivity contribution in [3.63, 3.8) is 0 Å². The summed E-state index contributed by atoms with van der Waals surface area (Å²) >= 11 is 0. The summed E-state index contributed by atoms with van der Waals surface area (Å²) in [6.07, 6.45) is 0. The third-order valence-electron chi connectivity index (χ3n) is 2.68. The minimum absolute atomic E-state index is 0.739. The van der Waals surface area contributed by atoms with Crippen molar-refractivity contribution in [2.45, 2.75) is 0 Å². The van der Waals surface area contributed by atoms with Gasteiger partial charge in [0.25, 0.3) is 0 Å². The number of nitrogens with one attached hydrogen (secondary N) is 2. The van der Waals surface area contributed by atoms with Crippen LogP contribution in [0.25, 0.3) is 0 Å². The molecule has 2 aliphatic rings. The molecule has 8 heteroatoms. The van der Waals surface area contributed by atoms with E-state index >= 15 is 0 Å². The molecule has 0 aromatic carbocycles. The van der Waals surface area contributed by atoms with E-state index in [1.54, 1.807) is 10.1 Å². The quantitative estimate of drug-likeness (QED) is 0.662. The minimum Gasteiger partial charge on any atom is -0.314 e. The Kier molecular flexibility index (Phi) is 4.93. The summed E-state index contributed by atoms with van der Waals surface area (Å²) in [5.74, 6) is 0. The van der Waals surface area contributed by atoms with Crippen LogP contribution in [0.15, 0.2) is 0 Å². The Morgan fingerprint density at radius 2 is 1.24 bits per heavy atom. The molecule has 2 heterocycles. The highest BCUT2D eigenvalue weighted by atomic mass is 31.2. The molecule has 7 nitrogen and oxygen atoms in total. The van der Waals surface area contributed by atoms with E-state index in [0.29, 0.717) is 0 Å². The predicted molar refractivity (Wildman–Crippen MR) is 64.6 cm³/mol. The molecule has 0 amide bonds. The molecule has 0 unspecified atom stereocenters. The first-order valence-electron chi connectivity index (χ1n) is 6.04. The molecule has 17 heavy (non-hydrogen) atoms. The van der Waals surface area contributed by atoms with Gasteiger partial charge in [0, 0.05) is 59.0 Å². The largest absolute Gasteiger partial charge is 0.360 e. The van der Waals surface area contributed by atoms with Crippen LogP contribution in [0.1, 0.15) is 0 Å². The first kappa shape index (κ1) is 13.4. The Hall–Kier alpha value is -0.0100. The smallest absolute Gasteiger partial charge is 0.314 e. The standard InChI is InChI=1S/C9H21N4O3P/c1-17(14,15-12-6-2-10-3-7-12)16-13-8-4-11-5-9-13/h10-11H,2-9H2,1H3. The fourth-order valence-electron chi connectivity index (χ4n) is 1.89. The molecule has 100 valence electrons. The van der Waals surface area contributed by atoms with Crippen molar-refractivity contribution in [3.05, 3.63) is 0 Å². The van der Waals surface area contributed by atoms with Crippen molar-refractivity contribution in [2.24, 2.45) is 0 Å². The van der Waals surface area contributed by atoms with E-state index in [4.69, 9.17) is 9.25 Å². The summed E-state index contributed by atoms with van der Waals surface area (Å²) in [6, 6.07) is 0. The van der Waals surface area contributed by atoms with Gasteiger partial charge in [-0.2, -0.15) is 10.1 Å². The second-order valence-electron chi connectivity index (χ2n) is 4.29. The fraction of sp³-hybridized carbons (Fsp3) is 1.00. The van der Waals surface area contributed by atoms with Crippen molar-refractivity contribution < 1.29 is 13.8 Å². The summed E-state index contributed by atoms with van der Waals surface area (Å²) < 4.78 is 23.1. The lowest BCUT2D eigenvalue weighted by Gasteiger charge is -2.32. The van der Waals surface area contributed by atoms with Gasteiger partial charge in [0.05, 0.1) is 0 Å². The molecule has 0 spiro atoms. The molecular weight excluding hydrogens is 243 g/mol. The maximum atomic E-state index is 12.2. The van der Waals surface area contributed by atoms with E-state index in [9.17, 15) is 4.57 Å². The van der Waals surface area contributed by atoms with E-state index in [-0.39, 0.29) is 0 Å². The molecule has 2 rings (SSSR count). The van der Waals surface area contributed by atoms with Crippen molar-refractivity contribution >= 4 is 7.60 Å². The van der Waals surface area contributed by atoms with Gasteiger partial charge in [0.1, 0.15) is 0 Å². The fourth-order valence-corrected chi connectivity index (χ4v) is 3.08. The van der Waals surface area contributed by atoms with Crippen LogP contribution in [0, 0.1) is 0 Å². The molecule has 0 aromatic rings. The number of hydroxylamine groups is 4. The highest BCUT2D eigenvalue weighted by molar-refractivity contribution is 7.52. The molecule has 2 N–H and O–H groups in total. The number of nitrogens with zero attached hydrogens (tertiary/aromatic N) is 2. The number of rotatable bonds is 4. The summed E-state index contributed by atoms with van der Waals surface area (Å²) in [5, 5.41) is 9.87. The first-order valence-corrected chi connectivity index (χ1v) is 8.03. The van der Waals surface area contributed by atoms with Crippen LogP contribution in [0.3, 0.4) is 0 Å². The summed E-state index contributed by atoms with van der Waals surface area (Å²) in [5.41, 5.74) is 0. The summed E-state index contributed by atoms with van der Waals surface area (Å²) in [7, 11) is -3.03. The van der Waals surface area contributed by atoms with Crippen LogP contribution >= 0.6 is 7.60 Å². The second-order valence-corrected chi connectivity index (χ2v) is 6.16. The van der Waals surface area contributed by atoms with Crippen molar-refractivity contribution in [3.8, 4) is 0 Å². The molecule has 0 radical (unpaired) electrons. The van der Waals surface area contributed by atoms with E-state index in [2.05, 4.69) is 10.6 Å². The monoisotopic (exact) mass is 264 g/mol. The number of hydrogen-bond donors (Lipinski definition) is 2. The first-order chi connectivity index (χ1) is 8.16. The zero-order valence-electron chi connectivity index (χ0n) is 10.2. The van der Waals surface area contributed by atoms with Crippen molar-refractivity contribution in [1.29, 1.82) is 0 Å². The highest BCUT2D eigenvalue weighted by Gasteiger charge is 2.27. The summed E-state index contributed by atoms with van der Waals surface area (Å²) in [6.45, 7) is 7.90. The Morgan fingerprint density at radius 1 is 0.882 bits per heavy atom. The molecule has 0 saturated carbocycles. The van der Waals surface area contributed by atoms with E-state index < -0.39 is 7.60 Å². The zero-order valence-corrected chi connectivity index (χ0v) is 11.1. The third-order valence-corrected chi connectivity index (χ3v) is 3.73. The molecular formula is C9H21N4O3P. The molecule has 0 aliphatic carbocycles. The lowest BCUT2D eigenvalue weighted by atomic mass is 10.4. The van der Waals surface area contributed by atoms with Crippen LogP contribution in [0.4, 0.5) is 0 Å². The minimum atomic E-state index is -3.03. The molecule has 0 bridgehead atoms. The molecule has 0 atom stereocenters. The normalized spacial score (nSPS) is 25.0. The topological polar surface area (TPSA) is 66.1 Å². The highest BCUT2D eigenvalue weighted by Crippen LogP contribution is 2.45. The average Bonchev–Trinajstić information content (AvgIpc) is 2.30. The van der Waals surface area contributed by atoms with Crippen LogP contribution in [-0.2, 0) is 13.8 Å². The zero-order chi connectivity index (χ0) is 12.1. The second kappa shape index (κ2) is 6.24. The molecule has 0 aromatic heterocycles. The lowest BCUT2D eigenvalue weighted by Crippen LogP contribution is -2.44. The van der Waals surface area contributed by atoms with Gasteiger partial charge in [-0.1, -0.05) is 0 Å². The average molecular weight is 264 g/mol. The van der Waals surface area contributed by atoms with Crippen molar-refractivity contribution in [1.82, 2.24) is 20.8 Å². The van der Waals surface area contributed by atoms with E-state index in [1.165, 1.54) is 6.66 Å². The van der Waals surface area contributed by atoms with Crippen LogP contribution in [0.2, 0.25) is 0 Å². The van der Waals surface area contributed by atoms with Gasteiger partial charge < -0.3 is 10.6 Å². The molecule has 2 saturated heterocycles. The van der Waals surface area contributed by atoms with Gasteiger partial charge in [0.2, 0.25) is 0 Å². The van der Waals surface area contributed by atoms with Gasteiger partial charge >= 0.3 is 7.60 Å². The Labute approximate surface area is 102 Å². The van der Waals surface area contributed by atoms with Crippen LogP contribution in [0.5, 0.6) is 0 Å².